The summed E-state index contributed by atoms with van der Waals surface area (Å²) in [6.07, 6.45) is -7.03. The normalized spacial score (nSPS) is 31.8. The van der Waals surface area contributed by atoms with Crippen LogP contribution in [0.2, 0.25) is 0 Å². The SMILES string of the molecule is CCC(C)(C)C(=O)OC1(C)COC(O)(C(F)(F)F)C1(F)F.CCC(C)(C)C(=O)OC12CC3CC(C(C)(C)O)(C1)CC(C(C)(C)O)(C3)C2.CCC(C)(C)C(=O)OC1C2CC3C1OC(C)(OC)C3C2.CCC(C)(C)C(=O)OC1CCC(C(C)(C)OC(=O)COC(=O)C(O)(C(F)(F)F)C(F)(F)F)CC1.CCC(C)(C)C(=O)OC1COC(=O)C1. The maximum Gasteiger partial charge on any atom is 0.449 e. The Balaban J connectivity index is 0.000000263. The number of methoxy groups -OCH3 is 1. The molecule has 7 saturated carbocycles. The minimum Gasteiger partial charge on any atom is -0.462 e. The van der Waals surface area contributed by atoms with Gasteiger partial charge in [0.05, 0.1) is 51.3 Å². The molecular formula is C81H127F11O23. The lowest BCUT2D eigenvalue weighted by Crippen LogP contribution is -2.70. The molecule has 666 valence electrons. The summed E-state index contributed by atoms with van der Waals surface area (Å²) in [5, 5.41) is 40.3. The van der Waals surface area contributed by atoms with Crippen molar-refractivity contribution in [2.24, 2.45) is 67.5 Å². The molecule has 3 aliphatic heterocycles. The quantitative estimate of drug-likeness (QED) is 0.0419. The molecule has 0 aromatic heterocycles. The molecule has 34 heteroatoms. The number of carbonyl (C=O) groups excluding carboxylic acids is 8. The molecule has 0 amide bonds. The largest absolute Gasteiger partial charge is 0.462 e. The van der Waals surface area contributed by atoms with Crippen molar-refractivity contribution in [3.05, 3.63) is 0 Å². The Bertz CT molecular complexity index is 3410. The lowest BCUT2D eigenvalue weighted by atomic mass is 9.37. The van der Waals surface area contributed by atoms with Gasteiger partial charge in [-0.05, 0) is 257 Å². The molecule has 3 saturated heterocycles. The number of aliphatic hydroxyl groups is 4. The summed E-state index contributed by atoms with van der Waals surface area (Å²) in [4.78, 5) is 95.0. The van der Waals surface area contributed by atoms with Gasteiger partial charge in [-0.3, -0.25) is 28.8 Å². The molecular weight excluding hydrogens is 1550 g/mol. The van der Waals surface area contributed by atoms with Gasteiger partial charge < -0.3 is 72.5 Å². The summed E-state index contributed by atoms with van der Waals surface area (Å²) >= 11 is 0. The van der Waals surface area contributed by atoms with Gasteiger partial charge in [0.15, 0.2) is 12.4 Å². The molecule has 0 spiro atoms. The second-order valence-corrected chi connectivity index (χ2v) is 38.4. The third-order valence-electron chi connectivity index (χ3n) is 26.8. The van der Waals surface area contributed by atoms with Crippen molar-refractivity contribution >= 4 is 47.8 Å². The minimum absolute atomic E-state index is 0.0281. The van der Waals surface area contributed by atoms with Gasteiger partial charge in [-0.1, -0.05) is 34.6 Å². The zero-order valence-electron chi connectivity index (χ0n) is 71.2. The molecule has 0 aromatic carbocycles. The molecule has 3 heterocycles. The zero-order chi connectivity index (χ0) is 88.9. The molecule has 6 bridgehead atoms. The monoisotopic (exact) mass is 1680 g/mol. The first-order valence-corrected chi connectivity index (χ1v) is 39.7. The van der Waals surface area contributed by atoms with Gasteiger partial charge in [0.25, 0.3) is 0 Å². The maximum atomic E-state index is 14.0. The van der Waals surface area contributed by atoms with E-state index in [1.807, 2.05) is 104 Å². The third kappa shape index (κ3) is 20.8. The Hall–Kier alpha value is -5.29. The summed E-state index contributed by atoms with van der Waals surface area (Å²) in [6, 6.07) is 0. The summed E-state index contributed by atoms with van der Waals surface area (Å²) in [5.41, 5.74) is -16.0. The lowest BCUT2D eigenvalue weighted by Gasteiger charge is -2.70. The molecule has 11 atom stereocenters. The van der Waals surface area contributed by atoms with Gasteiger partial charge in [-0.25, -0.2) is 9.59 Å². The molecule has 4 N–H and O–H groups in total. The average Bonchev–Trinajstić information content (AvgIpc) is 1.65. The molecule has 0 radical (unpaired) electrons. The van der Waals surface area contributed by atoms with Crippen LogP contribution in [0.15, 0.2) is 0 Å². The number of rotatable bonds is 23. The van der Waals surface area contributed by atoms with E-state index in [1.54, 1.807) is 27.9 Å². The van der Waals surface area contributed by atoms with Crippen LogP contribution < -0.4 is 0 Å². The van der Waals surface area contributed by atoms with Crippen molar-refractivity contribution in [2.75, 3.05) is 26.9 Å². The Morgan fingerprint density at radius 1 is 0.548 bits per heavy atom. The van der Waals surface area contributed by atoms with Crippen molar-refractivity contribution in [3.63, 3.8) is 0 Å². The number of hydrogen-bond donors (Lipinski definition) is 4. The highest BCUT2D eigenvalue weighted by atomic mass is 19.4. The van der Waals surface area contributed by atoms with E-state index in [2.05, 4.69) is 14.2 Å². The van der Waals surface area contributed by atoms with Crippen molar-refractivity contribution in [1.82, 2.24) is 0 Å². The Labute approximate surface area is 667 Å². The second-order valence-electron chi connectivity index (χ2n) is 38.4. The van der Waals surface area contributed by atoms with E-state index in [1.165, 1.54) is 27.7 Å². The highest BCUT2D eigenvalue weighted by Gasteiger charge is 2.83. The number of carbonyl (C=O) groups is 8. The summed E-state index contributed by atoms with van der Waals surface area (Å²) in [6.45, 7) is 37.7. The molecule has 23 nitrogen and oxygen atoms in total. The smallest absolute Gasteiger partial charge is 0.449 e. The number of ether oxygens (including phenoxy) is 11. The Morgan fingerprint density at radius 3 is 1.37 bits per heavy atom. The van der Waals surface area contributed by atoms with Crippen LogP contribution in [0, 0.1) is 67.5 Å². The Morgan fingerprint density at radius 2 is 0.974 bits per heavy atom. The number of alkyl halides is 11. The van der Waals surface area contributed by atoms with Gasteiger partial charge in [-0.15, -0.1) is 0 Å². The van der Waals surface area contributed by atoms with E-state index in [4.69, 9.17) is 43.0 Å². The average molecular weight is 1680 g/mol. The molecule has 115 heavy (non-hydrogen) atoms. The summed E-state index contributed by atoms with van der Waals surface area (Å²) in [5.74, 6) is -15.2. The highest BCUT2D eigenvalue weighted by molar-refractivity contribution is 5.84. The number of esters is 8. The molecule has 10 rings (SSSR count). The first-order valence-electron chi connectivity index (χ1n) is 39.7. The van der Waals surface area contributed by atoms with Gasteiger partial charge in [0.1, 0.15) is 42.2 Å². The van der Waals surface area contributed by atoms with E-state index < -0.39 is 128 Å². The second kappa shape index (κ2) is 34.3. The number of halogens is 11. The molecule has 7 aliphatic carbocycles. The van der Waals surface area contributed by atoms with Crippen molar-refractivity contribution in [1.29, 1.82) is 0 Å². The van der Waals surface area contributed by atoms with Gasteiger partial charge >= 0.3 is 83.6 Å². The fraction of sp³-hybridized carbons (Fsp3) is 0.901. The van der Waals surface area contributed by atoms with E-state index >= 15 is 0 Å². The highest BCUT2D eigenvalue weighted by Crippen LogP contribution is 2.73. The van der Waals surface area contributed by atoms with E-state index in [0.717, 1.165) is 51.4 Å². The fourth-order valence-corrected chi connectivity index (χ4v) is 16.5. The van der Waals surface area contributed by atoms with Crippen LogP contribution >= 0.6 is 0 Å². The maximum absolute atomic E-state index is 14.0. The summed E-state index contributed by atoms with van der Waals surface area (Å²) < 4.78 is 199. The molecule has 10 fully saturated rings. The number of hydrogen-bond acceptors (Lipinski definition) is 23. The first-order chi connectivity index (χ1) is 51.7. The van der Waals surface area contributed by atoms with Gasteiger partial charge in [-0.2, -0.15) is 48.3 Å². The Kier molecular flexibility index (Phi) is 29.9. The molecule has 10 aliphatic rings. The van der Waals surface area contributed by atoms with Gasteiger partial charge in [0.2, 0.25) is 5.60 Å². The molecule has 11 unspecified atom stereocenters. The van der Waals surface area contributed by atoms with E-state index in [0.29, 0.717) is 82.0 Å². The van der Waals surface area contributed by atoms with E-state index in [9.17, 15) is 102 Å². The first kappa shape index (κ1) is 100. The minimum atomic E-state index is -6.42. The molecule has 0 aromatic rings. The number of fused-ring (bicyclic) bond motifs is 1. The predicted octanol–water partition coefficient (Wildman–Crippen LogP) is 15.1. The van der Waals surface area contributed by atoms with Crippen LogP contribution in [-0.2, 0) is 90.5 Å². The van der Waals surface area contributed by atoms with Crippen molar-refractivity contribution < 1.29 is 159 Å². The van der Waals surface area contributed by atoms with Crippen molar-refractivity contribution in [2.45, 2.75) is 369 Å². The van der Waals surface area contributed by atoms with Crippen LogP contribution in [0.4, 0.5) is 48.3 Å². The van der Waals surface area contributed by atoms with Crippen LogP contribution in [0.25, 0.3) is 0 Å². The standard InChI is InChI=1S/C22H38O4.C21H30F6O7.C16H26O4.C12H17F5O4.C10H16O4/c1-8-17(2,3)16(23)26-22-11-15-9-20(13-22,18(4,5)24)12-21(10-15,14-22)19(6,7)25;1-6-17(2,3)15(29)33-13-9-7-12(8-10-13)18(4,5)34-14(28)11-32-16(30)19(31,20(22,23)24)21(25,26)27;1-6-15(2,3)14(17)19-12-9-7-10-11(8-9)16(4,18-5)20-13(10)12;1-5-8(2,3)7(18)21-9(4)6-20-11(19,10(9,13)14)12(15,16)17;1-4-10(2,3)9(12)14-7-5-8(11)13-6-7/h15,24-25H,8-14H2,1-7H3;12-13,31H,6-11H2,1-5H3;9-13H,6-8H2,1-5H3;19H,5-6H2,1-4H3;7H,4-6H2,1-3H3. The topological polar surface area (TPSA) is 319 Å². The zero-order valence-corrected chi connectivity index (χ0v) is 71.2. The predicted molar refractivity (Wildman–Crippen MR) is 390 cm³/mol. The van der Waals surface area contributed by atoms with Crippen LogP contribution in [0.5, 0.6) is 0 Å². The number of cyclic esters (lactones) is 1. The van der Waals surface area contributed by atoms with Crippen LogP contribution in [-0.4, -0.2) is 189 Å². The third-order valence-corrected chi connectivity index (χ3v) is 26.8. The van der Waals surface area contributed by atoms with Crippen molar-refractivity contribution in [3.8, 4) is 0 Å². The van der Waals surface area contributed by atoms with Crippen LogP contribution in [0.3, 0.4) is 0 Å². The fourth-order valence-electron chi connectivity index (χ4n) is 16.5. The van der Waals surface area contributed by atoms with E-state index in [-0.39, 0.29) is 90.5 Å². The lowest BCUT2D eigenvalue weighted by molar-refractivity contribution is -0.409. The van der Waals surface area contributed by atoms with Gasteiger partial charge in [0, 0.05) is 23.9 Å². The van der Waals surface area contributed by atoms with Crippen LogP contribution in [0.1, 0.15) is 275 Å². The summed E-state index contributed by atoms with van der Waals surface area (Å²) in [7, 11) is 1.71.